The third kappa shape index (κ3) is 9.34. The molecule has 2 N–H and O–H groups in total. The predicted molar refractivity (Wildman–Crippen MR) is 73.7 cm³/mol. The third-order valence-corrected chi connectivity index (χ3v) is 4.68. The van der Waals surface area contributed by atoms with Crippen molar-refractivity contribution in [3.63, 3.8) is 0 Å². The molecule has 0 heterocycles. The lowest BCUT2D eigenvalue weighted by Gasteiger charge is -2.05. The summed E-state index contributed by atoms with van der Waals surface area (Å²) in [5.41, 5.74) is 0. The molecule has 0 bridgehead atoms. The molecule has 18 heavy (non-hydrogen) atoms. The van der Waals surface area contributed by atoms with Crippen molar-refractivity contribution >= 4 is 19.7 Å². The van der Waals surface area contributed by atoms with Gasteiger partial charge in [-0.05, 0) is 0 Å². The summed E-state index contributed by atoms with van der Waals surface area (Å²) in [4.78, 5) is 0. The second kappa shape index (κ2) is 8.41. The van der Waals surface area contributed by atoms with Gasteiger partial charge in [-0.3, -0.25) is 0 Å². The summed E-state index contributed by atoms with van der Waals surface area (Å²) < 4.78 is 44.1. The van der Waals surface area contributed by atoms with Crippen LogP contribution in [0.15, 0.2) is 24.0 Å². The second-order valence-electron chi connectivity index (χ2n) is 3.57. The Hall–Kier alpha value is -0.700. The van der Waals surface area contributed by atoms with Crippen LogP contribution in [-0.2, 0) is 19.7 Å². The van der Waals surface area contributed by atoms with Crippen LogP contribution in [0.5, 0.6) is 0 Å². The zero-order valence-corrected chi connectivity index (χ0v) is 11.9. The van der Waals surface area contributed by atoms with Crippen molar-refractivity contribution < 1.29 is 16.8 Å². The molecule has 0 amide bonds. The van der Waals surface area contributed by atoms with E-state index in [-0.39, 0.29) is 11.5 Å². The van der Waals surface area contributed by atoms with Crippen LogP contribution in [0.2, 0.25) is 0 Å². The van der Waals surface area contributed by atoms with Crippen molar-refractivity contribution in [3.8, 4) is 0 Å². The van der Waals surface area contributed by atoms with Gasteiger partial charge in [-0.2, -0.15) is 0 Å². The Morgan fingerprint density at radius 2 is 1.06 bits per heavy atom. The van der Waals surface area contributed by atoms with Crippen molar-refractivity contribution in [1.29, 1.82) is 0 Å². The Labute approximate surface area is 109 Å². The lowest BCUT2D eigenvalue weighted by Crippen LogP contribution is -2.32. The average molecular weight is 296 g/mol. The molecule has 0 saturated carbocycles. The Bertz CT molecular complexity index is 410. The van der Waals surface area contributed by atoms with E-state index in [1.54, 1.807) is 0 Å². The second-order valence-corrected chi connectivity index (χ2v) is 7.70. The molecule has 0 aliphatic rings. The van der Waals surface area contributed by atoms with Crippen molar-refractivity contribution in [3.05, 3.63) is 24.0 Å². The van der Waals surface area contributed by atoms with Gasteiger partial charge in [0.15, 0.2) is 19.7 Å². The summed E-state index contributed by atoms with van der Waals surface area (Å²) in [6.45, 7) is 8.26. The van der Waals surface area contributed by atoms with E-state index in [1.807, 2.05) is 0 Å². The van der Waals surface area contributed by atoms with E-state index in [9.17, 15) is 16.8 Å². The fraction of sp³-hybridized carbons (Fsp3) is 0.600. The molecule has 0 fully saturated rings. The van der Waals surface area contributed by atoms with Gasteiger partial charge in [0, 0.05) is 37.0 Å². The molecule has 0 aromatic rings. The minimum Gasteiger partial charge on any atom is -0.314 e. The smallest absolute Gasteiger partial charge is 0.172 e. The summed E-state index contributed by atoms with van der Waals surface area (Å²) in [6.07, 6.45) is 0. The number of hydrogen-bond donors (Lipinski definition) is 2. The quantitative estimate of drug-likeness (QED) is 0.489. The minimum atomic E-state index is -3.15. The van der Waals surface area contributed by atoms with Gasteiger partial charge in [0.25, 0.3) is 0 Å². The van der Waals surface area contributed by atoms with E-state index in [0.29, 0.717) is 26.2 Å². The van der Waals surface area contributed by atoms with E-state index >= 15 is 0 Å². The maximum Gasteiger partial charge on any atom is 0.172 e. The lowest BCUT2D eigenvalue weighted by atomic mass is 10.5. The molecule has 0 aliphatic carbocycles. The lowest BCUT2D eigenvalue weighted by molar-refractivity contribution is 0.588. The normalized spacial score (nSPS) is 12.2. The highest BCUT2D eigenvalue weighted by molar-refractivity contribution is 7.94. The van der Waals surface area contributed by atoms with E-state index in [1.165, 1.54) is 0 Å². The molecule has 6 nitrogen and oxygen atoms in total. The average Bonchev–Trinajstić information content (AvgIpc) is 2.32. The van der Waals surface area contributed by atoms with Gasteiger partial charge in [-0.1, -0.05) is 13.2 Å². The molecular weight excluding hydrogens is 276 g/mol. The number of rotatable bonds is 11. The van der Waals surface area contributed by atoms with Gasteiger partial charge >= 0.3 is 0 Å². The van der Waals surface area contributed by atoms with Crippen molar-refractivity contribution in [2.24, 2.45) is 0 Å². The van der Waals surface area contributed by atoms with E-state index in [4.69, 9.17) is 0 Å². The summed E-state index contributed by atoms with van der Waals surface area (Å²) in [5, 5.41) is 7.73. The predicted octanol–water partition coefficient (Wildman–Crippen LogP) is -0.718. The maximum absolute atomic E-state index is 11.0. The molecule has 106 valence electrons. The summed E-state index contributed by atoms with van der Waals surface area (Å²) in [5.74, 6) is 0.0304. The standard InChI is InChI=1S/C10H20N2O4S2/c1-3-17(13,14)9-7-11-5-6-12-8-10-18(15,16)4-2/h3-4,11-12H,1-2,5-10H2. The van der Waals surface area contributed by atoms with Gasteiger partial charge in [0.1, 0.15) is 0 Å². The molecular formula is C10H20N2O4S2. The topological polar surface area (TPSA) is 92.3 Å². The van der Waals surface area contributed by atoms with Crippen molar-refractivity contribution in [2.45, 2.75) is 0 Å². The molecule has 8 heteroatoms. The Morgan fingerprint density at radius 3 is 1.33 bits per heavy atom. The van der Waals surface area contributed by atoms with Crippen LogP contribution < -0.4 is 10.6 Å². The molecule has 0 aromatic carbocycles. The maximum atomic E-state index is 11.0. The largest absolute Gasteiger partial charge is 0.314 e. The Kier molecular flexibility index (Phi) is 8.08. The first-order chi connectivity index (χ1) is 8.33. The molecule has 0 saturated heterocycles. The Balaban J connectivity index is 3.48. The van der Waals surface area contributed by atoms with E-state index < -0.39 is 19.7 Å². The third-order valence-electron chi connectivity index (χ3n) is 2.11. The first-order valence-corrected chi connectivity index (χ1v) is 8.88. The zero-order chi connectivity index (χ0) is 14.1. The zero-order valence-electron chi connectivity index (χ0n) is 10.3. The van der Waals surface area contributed by atoms with Crippen LogP contribution in [0.3, 0.4) is 0 Å². The van der Waals surface area contributed by atoms with Crippen LogP contribution in [-0.4, -0.2) is 54.5 Å². The van der Waals surface area contributed by atoms with Crippen LogP contribution in [0.4, 0.5) is 0 Å². The molecule has 0 aromatic heterocycles. The number of sulfone groups is 2. The van der Waals surface area contributed by atoms with E-state index in [2.05, 4.69) is 23.8 Å². The molecule has 0 unspecified atom stereocenters. The summed E-state index contributed by atoms with van der Waals surface area (Å²) in [7, 11) is -6.30. The molecule has 0 spiro atoms. The van der Waals surface area contributed by atoms with Crippen molar-refractivity contribution in [1.82, 2.24) is 10.6 Å². The SMILES string of the molecule is C=CS(=O)(=O)CCNCCNCCS(=O)(=O)C=C. The molecule has 0 radical (unpaired) electrons. The summed E-state index contributed by atoms with van der Waals surface area (Å²) in [6, 6.07) is 0. The number of nitrogens with one attached hydrogen (secondary N) is 2. The van der Waals surface area contributed by atoms with Crippen LogP contribution in [0.1, 0.15) is 0 Å². The Morgan fingerprint density at radius 1 is 0.722 bits per heavy atom. The summed E-state index contributed by atoms with van der Waals surface area (Å²) >= 11 is 0. The van der Waals surface area contributed by atoms with E-state index in [0.717, 1.165) is 10.8 Å². The first kappa shape index (κ1) is 17.3. The van der Waals surface area contributed by atoms with Gasteiger partial charge in [-0.15, -0.1) is 0 Å². The molecule has 0 atom stereocenters. The molecule has 0 aliphatic heterocycles. The fourth-order valence-corrected chi connectivity index (χ4v) is 2.21. The first-order valence-electron chi connectivity index (χ1n) is 5.45. The number of hydrogen-bond acceptors (Lipinski definition) is 6. The van der Waals surface area contributed by atoms with Crippen LogP contribution >= 0.6 is 0 Å². The monoisotopic (exact) mass is 296 g/mol. The van der Waals surface area contributed by atoms with Gasteiger partial charge in [0.05, 0.1) is 11.5 Å². The van der Waals surface area contributed by atoms with Crippen LogP contribution in [0.25, 0.3) is 0 Å². The van der Waals surface area contributed by atoms with Gasteiger partial charge < -0.3 is 10.6 Å². The highest BCUT2D eigenvalue weighted by Gasteiger charge is 2.04. The van der Waals surface area contributed by atoms with Gasteiger partial charge in [0.2, 0.25) is 0 Å². The van der Waals surface area contributed by atoms with Crippen molar-refractivity contribution in [2.75, 3.05) is 37.7 Å². The minimum absolute atomic E-state index is 0.0152. The van der Waals surface area contributed by atoms with Crippen LogP contribution in [0, 0.1) is 0 Å². The molecule has 0 rings (SSSR count). The highest BCUT2D eigenvalue weighted by atomic mass is 32.2. The van der Waals surface area contributed by atoms with Gasteiger partial charge in [-0.25, -0.2) is 16.8 Å². The fourth-order valence-electron chi connectivity index (χ4n) is 1.02. The highest BCUT2D eigenvalue weighted by Crippen LogP contribution is 1.88.